The van der Waals surface area contributed by atoms with Gasteiger partial charge in [0, 0.05) is 6.26 Å². The minimum absolute atomic E-state index is 0.343. The van der Waals surface area contributed by atoms with E-state index in [1.54, 1.807) is 30.3 Å². The summed E-state index contributed by atoms with van der Waals surface area (Å²) in [6.07, 6.45) is -2.26. The van der Waals surface area contributed by atoms with Crippen LogP contribution in [0.25, 0.3) is 0 Å². The number of ether oxygens (including phenoxy) is 1. The smallest absolute Gasteiger partial charge is 0.459 e. The van der Waals surface area contributed by atoms with Crippen LogP contribution in [0.5, 0.6) is 0 Å². The molecule has 0 spiro atoms. The highest BCUT2D eigenvalue weighted by Crippen LogP contribution is 2.26. The molecule has 142 valence electrons. The molecule has 1 aromatic rings. The molecule has 1 unspecified atom stereocenters. The number of carbonyl (C=O) groups excluding carboxylic acids is 1. The summed E-state index contributed by atoms with van der Waals surface area (Å²) in [6.45, 7) is -0.343. The van der Waals surface area contributed by atoms with E-state index in [1.807, 2.05) is 0 Å². The van der Waals surface area contributed by atoms with Crippen molar-refractivity contribution in [2.75, 3.05) is 12.0 Å². The summed E-state index contributed by atoms with van der Waals surface area (Å²) in [6, 6.07) is 8.04. The quantitative estimate of drug-likeness (QED) is 0.366. The van der Waals surface area contributed by atoms with Gasteiger partial charge in [-0.2, -0.15) is 21.6 Å². The molecule has 0 fully saturated rings. The predicted molar refractivity (Wildman–Crippen MR) is 80.4 cm³/mol. The first kappa shape index (κ1) is 21.4. The zero-order chi connectivity index (χ0) is 19.3. The highest BCUT2D eigenvalue weighted by molar-refractivity contribution is 7.90. The van der Waals surface area contributed by atoms with E-state index in [0.29, 0.717) is 5.56 Å². The molecule has 0 amide bonds. The fourth-order valence-electron chi connectivity index (χ4n) is 1.56. The van der Waals surface area contributed by atoms with Gasteiger partial charge >= 0.3 is 21.6 Å². The van der Waals surface area contributed by atoms with Crippen molar-refractivity contribution >= 4 is 25.9 Å². The van der Waals surface area contributed by atoms with Gasteiger partial charge in [0.1, 0.15) is 16.4 Å². The Bertz CT molecular complexity index is 787. The van der Waals surface area contributed by atoms with Crippen LogP contribution in [0.3, 0.4) is 0 Å². The minimum Gasteiger partial charge on any atom is -0.459 e. The number of carbonyl (C=O) groups is 1. The van der Waals surface area contributed by atoms with E-state index >= 15 is 0 Å². The molecular weight excluding hydrogens is 389 g/mol. The Kier molecular flexibility index (Phi) is 6.97. The third-order valence-electron chi connectivity index (χ3n) is 2.76. The molecule has 1 aromatic carbocycles. The van der Waals surface area contributed by atoms with Crippen LogP contribution >= 0.6 is 0 Å². The van der Waals surface area contributed by atoms with E-state index in [4.69, 9.17) is 4.74 Å². The lowest BCUT2D eigenvalue weighted by Gasteiger charge is -2.17. The molecule has 0 aliphatic carbocycles. The number of esters is 1. The summed E-state index contributed by atoms with van der Waals surface area (Å²) in [7, 11) is -9.76. The van der Waals surface area contributed by atoms with Gasteiger partial charge in [0.25, 0.3) is 0 Å². The Hall–Kier alpha value is -1.66. The van der Waals surface area contributed by atoms with Crippen molar-refractivity contribution in [3.05, 3.63) is 35.9 Å². The molecule has 25 heavy (non-hydrogen) atoms. The third kappa shape index (κ3) is 7.40. The maximum Gasteiger partial charge on any atom is 0.523 e. The third-order valence-corrected chi connectivity index (χ3v) is 4.79. The predicted octanol–water partition coefficient (Wildman–Crippen LogP) is 1.40. The normalized spacial score (nSPS) is 14.1. The molecule has 7 nitrogen and oxygen atoms in total. The zero-order valence-corrected chi connectivity index (χ0v) is 14.5. The first-order valence-corrected chi connectivity index (χ1v) is 10.2. The Morgan fingerprint density at radius 1 is 1.12 bits per heavy atom. The van der Waals surface area contributed by atoms with Crippen molar-refractivity contribution in [1.82, 2.24) is 0 Å². The molecular formula is C13H15F3O7S2. The summed E-state index contributed by atoms with van der Waals surface area (Å²) in [5, 5.41) is 0. The second kappa shape index (κ2) is 8.15. The van der Waals surface area contributed by atoms with Crippen LogP contribution in [0.15, 0.2) is 30.3 Å². The van der Waals surface area contributed by atoms with Crippen molar-refractivity contribution < 1.29 is 43.7 Å². The lowest BCUT2D eigenvalue weighted by atomic mass is 10.2. The van der Waals surface area contributed by atoms with Crippen LogP contribution in [0.1, 0.15) is 12.0 Å². The van der Waals surface area contributed by atoms with Crippen LogP contribution in [0.2, 0.25) is 0 Å². The molecule has 0 aliphatic heterocycles. The summed E-state index contributed by atoms with van der Waals surface area (Å²) in [5.41, 5.74) is -5.26. The molecule has 0 aromatic heterocycles. The van der Waals surface area contributed by atoms with Crippen molar-refractivity contribution in [3.63, 3.8) is 0 Å². The van der Waals surface area contributed by atoms with Gasteiger partial charge in [-0.3, -0.25) is 0 Å². The number of hydrogen-bond acceptors (Lipinski definition) is 7. The van der Waals surface area contributed by atoms with E-state index < -0.39 is 49.7 Å². The fourth-order valence-corrected chi connectivity index (χ4v) is 2.79. The van der Waals surface area contributed by atoms with E-state index in [2.05, 4.69) is 4.18 Å². The maximum atomic E-state index is 12.4. The molecule has 0 heterocycles. The van der Waals surface area contributed by atoms with E-state index in [9.17, 15) is 34.8 Å². The van der Waals surface area contributed by atoms with Gasteiger partial charge < -0.3 is 4.74 Å². The summed E-state index contributed by atoms with van der Waals surface area (Å²) in [4.78, 5) is 11.9. The molecule has 12 heteroatoms. The summed E-state index contributed by atoms with van der Waals surface area (Å²) < 4.78 is 90.1. The largest absolute Gasteiger partial charge is 0.523 e. The van der Waals surface area contributed by atoms with Crippen LogP contribution in [0, 0.1) is 0 Å². The number of alkyl halides is 3. The van der Waals surface area contributed by atoms with Gasteiger partial charge in [0.2, 0.25) is 0 Å². The number of hydrogen-bond donors (Lipinski definition) is 0. The lowest BCUT2D eigenvalue weighted by molar-refractivity contribution is -0.154. The number of benzene rings is 1. The molecule has 1 atom stereocenters. The molecule has 0 bridgehead atoms. The number of sulfone groups is 1. The van der Waals surface area contributed by atoms with Crippen LogP contribution < -0.4 is 0 Å². The van der Waals surface area contributed by atoms with Crippen LogP contribution in [-0.4, -0.2) is 46.4 Å². The van der Waals surface area contributed by atoms with Crippen molar-refractivity contribution in [2.45, 2.75) is 24.6 Å². The SMILES string of the molecule is CS(=O)(=O)CCC(OS(=O)(=O)C(F)(F)F)C(=O)OCc1ccccc1. The maximum absolute atomic E-state index is 12.4. The van der Waals surface area contributed by atoms with Gasteiger partial charge in [-0.05, 0) is 12.0 Å². The van der Waals surface area contributed by atoms with E-state index in [1.165, 1.54) is 0 Å². The first-order valence-electron chi connectivity index (χ1n) is 6.70. The second-order valence-electron chi connectivity index (χ2n) is 5.00. The van der Waals surface area contributed by atoms with Gasteiger partial charge in [-0.15, -0.1) is 0 Å². The summed E-state index contributed by atoms with van der Waals surface area (Å²) in [5.74, 6) is -2.17. The van der Waals surface area contributed by atoms with Gasteiger partial charge in [0.15, 0.2) is 6.10 Å². The second-order valence-corrected chi connectivity index (χ2v) is 8.82. The Labute approximate surface area is 142 Å². The Morgan fingerprint density at radius 3 is 2.16 bits per heavy atom. The molecule has 0 saturated heterocycles. The lowest BCUT2D eigenvalue weighted by Crippen LogP contribution is -2.36. The van der Waals surface area contributed by atoms with Gasteiger partial charge in [-0.1, -0.05) is 30.3 Å². The molecule has 0 radical (unpaired) electrons. The highest BCUT2D eigenvalue weighted by atomic mass is 32.2. The Balaban J connectivity index is 2.87. The highest BCUT2D eigenvalue weighted by Gasteiger charge is 2.49. The average Bonchev–Trinajstić information content (AvgIpc) is 2.48. The topological polar surface area (TPSA) is 104 Å². The molecule has 0 saturated carbocycles. The minimum atomic E-state index is -6.09. The first-order chi connectivity index (χ1) is 11.3. The van der Waals surface area contributed by atoms with E-state index in [-0.39, 0.29) is 6.61 Å². The number of halogens is 3. The van der Waals surface area contributed by atoms with Crippen LogP contribution in [-0.2, 0) is 40.3 Å². The Morgan fingerprint density at radius 2 is 1.68 bits per heavy atom. The monoisotopic (exact) mass is 404 g/mol. The van der Waals surface area contributed by atoms with Gasteiger partial charge in [-0.25, -0.2) is 17.4 Å². The molecule has 0 N–H and O–H groups in total. The van der Waals surface area contributed by atoms with Crippen molar-refractivity contribution in [1.29, 1.82) is 0 Å². The number of rotatable bonds is 8. The van der Waals surface area contributed by atoms with Gasteiger partial charge in [0.05, 0.1) is 5.75 Å². The summed E-state index contributed by atoms with van der Waals surface area (Å²) >= 11 is 0. The average molecular weight is 404 g/mol. The zero-order valence-electron chi connectivity index (χ0n) is 12.9. The van der Waals surface area contributed by atoms with Crippen molar-refractivity contribution in [2.24, 2.45) is 0 Å². The molecule has 0 aliphatic rings. The molecule has 1 rings (SSSR count). The van der Waals surface area contributed by atoms with Crippen LogP contribution in [0.4, 0.5) is 13.2 Å². The standard InChI is InChI=1S/C13H15F3O7S2/c1-24(18,19)8-7-11(23-25(20,21)13(14,15)16)12(17)22-9-10-5-3-2-4-6-10/h2-6,11H,7-9H2,1H3. The van der Waals surface area contributed by atoms with Crippen molar-refractivity contribution in [3.8, 4) is 0 Å². The van der Waals surface area contributed by atoms with E-state index in [0.717, 1.165) is 6.26 Å². The fraction of sp³-hybridized carbons (Fsp3) is 0.462.